The average molecular weight is 474 g/mol. The van der Waals surface area contributed by atoms with Crippen LogP contribution in [0.2, 0.25) is 0 Å². The second kappa shape index (κ2) is 7.76. The molecule has 1 N–H and O–H groups in total. The minimum atomic E-state index is -4.73. The van der Waals surface area contributed by atoms with Gasteiger partial charge in [0.05, 0.1) is 4.90 Å². The Morgan fingerprint density at radius 2 is 1.79 bits per heavy atom. The number of sulfonamides is 1. The van der Waals surface area contributed by atoms with Gasteiger partial charge in [-0.1, -0.05) is 39.3 Å². The molecule has 0 saturated heterocycles. The zero-order valence-electron chi connectivity index (χ0n) is 13.8. The standard InChI is InChI=1S/C17H11BrF3N3O3S/c18-12-5-7-13(8-6-12)24-28(25,26)14-3-1-2-11(10-14)4-9-15-22-16(27-23-15)17(19,20)21/h1-10,24H. The van der Waals surface area contributed by atoms with Crippen LogP contribution in [0.4, 0.5) is 18.9 Å². The van der Waals surface area contributed by atoms with Crippen LogP contribution in [0.25, 0.3) is 12.2 Å². The molecular formula is C17H11BrF3N3O3S. The highest BCUT2D eigenvalue weighted by atomic mass is 79.9. The number of nitrogens with zero attached hydrogens (tertiary/aromatic N) is 2. The van der Waals surface area contributed by atoms with Crippen LogP contribution in [-0.2, 0) is 16.2 Å². The van der Waals surface area contributed by atoms with E-state index in [4.69, 9.17) is 0 Å². The first-order chi connectivity index (χ1) is 13.1. The fraction of sp³-hybridized carbons (Fsp3) is 0.0588. The second-order valence-corrected chi connectivity index (χ2v) is 8.07. The number of hydrogen-bond acceptors (Lipinski definition) is 5. The second-order valence-electron chi connectivity index (χ2n) is 5.47. The van der Waals surface area contributed by atoms with Gasteiger partial charge in [-0.25, -0.2) is 8.42 Å². The van der Waals surface area contributed by atoms with Crippen molar-refractivity contribution in [1.82, 2.24) is 10.1 Å². The normalized spacial score (nSPS) is 12.4. The molecule has 146 valence electrons. The highest BCUT2D eigenvalue weighted by Gasteiger charge is 2.38. The maximum atomic E-state index is 12.5. The van der Waals surface area contributed by atoms with E-state index < -0.39 is 22.1 Å². The molecule has 0 aliphatic carbocycles. The molecule has 0 spiro atoms. The summed E-state index contributed by atoms with van der Waals surface area (Å²) >= 11 is 3.26. The maximum absolute atomic E-state index is 12.5. The van der Waals surface area contributed by atoms with Crippen molar-refractivity contribution >= 4 is 43.8 Å². The minimum Gasteiger partial charge on any atom is -0.329 e. The summed E-state index contributed by atoms with van der Waals surface area (Å²) in [4.78, 5) is 3.19. The highest BCUT2D eigenvalue weighted by molar-refractivity contribution is 9.10. The summed E-state index contributed by atoms with van der Waals surface area (Å²) in [5, 5.41) is 3.20. The third-order valence-electron chi connectivity index (χ3n) is 3.37. The number of anilines is 1. The zero-order valence-corrected chi connectivity index (χ0v) is 16.2. The average Bonchev–Trinajstić information content (AvgIpc) is 3.12. The van der Waals surface area contributed by atoms with Gasteiger partial charge in [0.15, 0.2) is 5.82 Å². The molecule has 1 aromatic heterocycles. The van der Waals surface area contributed by atoms with Gasteiger partial charge in [0.2, 0.25) is 0 Å². The predicted octanol–water partition coefficient (Wildman–Crippen LogP) is 4.82. The van der Waals surface area contributed by atoms with E-state index >= 15 is 0 Å². The lowest BCUT2D eigenvalue weighted by Crippen LogP contribution is -2.12. The summed E-state index contributed by atoms with van der Waals surface area (Å²) in [5.74, 6) is -1.74. The van der Waals surface area contributed by atoms with E-state index in [2.05, 4.69) is 35.3 Å². The molecule has 0 aliphatic rings. The van der Waals surface area contributed by atoms with Gasteiger partial charge in [0.1, 0.15) is 0 Å². The molecule has 0 saturated carbocycles. The Labute approximate surface area is 166 Å². The molecule has 3 rings (SSSR count). The van der Waals surface area contributed by atoms with Gasteiger partial charge in [-0.15, -0.1) is 0 Å². The van der Waals surface area contributed by atoms with E-state index in [0.29, 0.717) is 11.3 Å². The van der Waals surface area contributed by atoms with Crippen LogP contribution in [0.3, 0.4) is 0 Å². The van der Waals surface area contributed by atoms with Crippen LogP contribution in [-0.4, -0.2) is 18.6 Å². The molecule has 0 aliphatic heterocycles. The summed E-state index contributed by atoms with van der Waals surface area (Å²) in [6.07, 6.45) is -2.16. The van der Waals surface area contributed by atoms with Crippen LogP contribution >= 0.6 is 15.9 Å². The number of hydrogen-bond donors (Lipinski definition) is 1. The first-order valence-electron chi connectivity index (χ1n) is 7.61. The topological polar surface area (TPSA) is 85.1 Å². The van der Waals surface area contributed by atoms with Crippen molar-refractivity contribution in [2.45, 2.75) is 11.1 Å². The van der Waals surface area contributed by atoms with E-state index in [1.54, 1.807) is 30.3 Å². The van der Waals surface area contributed by atoms with E-state index in [9.17, 15) is 21.6 Å². The van der Waals surface area contributed by atoms with Crippen LogP contribution < -0.4 is 4.72 Å². The molecule has 0 atom stereocenters. The van der Waals surface area contributed by atoms with Gasteiger partial charge in [-0.05, 0) is 48.0 Å². The molecule has 0 unspecified atom stereocenters. The summed E-state index contributed by atoms with van der Waals surface area (Å²) in [5.41, 5.74) is 0.813. The van der Waals surface area contributed by atoms with Gasteiger partial charge in [0, 0.05) is 10.2 Å². The van der Waals surface area contributed by atoms with E-state index in [1.165, 1.54) is 30.4 Å². The first kappa shape index (κ1) is 20.1. The van der Waals surface area contributed by atoms with Crippen molar-refractivity contribution in [1.29, 1.82) is 0 Å². The molecule has 6 nitrogen and oxygen atoms in total. The number of aromatic nitrogens is 2. The number of rotatable bonds is 5. The lowest BCUT2D eigenvalue weighted by Gasteiger charge is -2.08. The van der Waals surface area contributed by atoms with Gasteiger partial charge < -0.3 is 4.52 Å². The van der Waals surface area contributed by atoms with Crippen molar-refractivity contribution < 1.29 is 26.1 Å². The molecule has 0 amide bonds. The first-order valence-corrected chi connectivity index (χ1v) is 9.88. The fourth-order valence-corrected chi connectivity index (χ4v) is 3.48. The van der Waals surface area contributed by atoms with Crippen LogP contribution in [0.5, 0.6) is 0 Å². The Hall–Kier alpha value is -2.66. The Morgan fingerprint density at radius 3 is 2.43 bits per heavy atom. The molecule has 11 heteroatoms. The van der Waals surface area contributed by atoms with E-state index in [1.807, 2.05) is 0 Å². The third-order valence-corrected chi connectivity index (χ3v) is 5.28. The number of halogens is 4. The minimum absolute atomic E-state index is 0.0124. The SMILES string of the molecule is O=S(=O)(Nc1ccc(Br)cc1)c1cccc(C=Cc2noc(C(F)(F)F)n2)c1. The van der Waals surface area contributed by atoms with Crippen molar-refractivity contribution in [3.63, 3.8) is 0 Å². The van der Waals surface area contributed by atoms with Crippen molar-refractivity contribution in [2.75, 3.05) is 4.72 Å². The van der Waals surface area contributed by atoms with Gasteiger partial charge in [-0.3, -0.25) is 4.72 Å². The van der Waals surface area contributed by atoms with Gasteiger partial charge in [0.25, 0.3) is 10.0 Å². The van der Waals surface area contributed by atoms with Crippen molar-refractivity contribution in [3.05, 3.63) is 70.3 Å². The largest absolute Gasteiger partial charge is 0.471 e. The van der Waals surface area contributed by atoms with Gasteiger partial charge >= 0.3 is 12.1 Å². The molecule has 0 fully saturated rings. The lowest BCUT2D eigenvalue weighted by molar-refractivity contribution is -0.159. The smallest absolute Gasteiger partial charge is 0.329 e. The molecule has 0 bridgehead atoms. The Balaban J connectivity index is 1.79. The summed E-state index contributed by atoms with van der Waals surface area (Å²) in [6.45, 7) is 0. The quantitative estimate of drug-likeness (QED) is 0.573. The molecule has 3 aromatic rings. The molecular weight excluding hydrogens is 463 g/mol. The fourth-order valence-electron chi connectivity index (χ4n) is 2.11. The van der Waals surface area contributed by atoms with Crippen LogP contribution in [0.1, 0.15) is 17.3 Å². The predicted molar refractivity (Wildman–Crippen MR) is 99.6 cm³/mol. The van der Waals surface area contributed by atoms with Crippen LogP contribution in [0.15, 0.2) is 62.4 Å². The molecule has 28 heavy (non-hydrogen) atoms. The third kappa shape index (κ3) is 4.98. The maximum Gasteiger partial charge on any atom is 0.471 e. The van der Waals surface area contributed by atoms with Crippen molar-refractivity contribution in [2.24, 2.45) is 0 Å². The Bertz CT molecular complexity index is 1110. The van der Waals surface area contributed by atoms with E-state index in [-0.39, 0.29) is 10.7 Å². The Kier molecular flexibility index (Phi) is 5.57. The highest BCUT2D eigenvalue weighted by Crippen LogP contribution is 2.27. The molecule has 2 aromatic carbocycles. The summed E-state index contributed by atoms with van der Waals surface area (Å²) in [7, 11) is -3.84. The summed E-state index contributed by atoms with van der Waals surface area (Å²) in [6, 6.07) is 12.4. The van der Waals surface area contributed by atoms with Crippen molar-refractivity contribution in [3.8, 4) is 0 Å². The number of benzene rings is 2. The zero-order chi connectivity index (χ0) is 20.4. The molecule has 0 radical (unpaired) electrons. The Morgan fingerprint density at radius 1 is 1.07 bits per heavy atom. The van der Waals surface area contributed by atoms with Gasteiger partial charge in [-0.2, -0.15) is 18.2 Å². The van der Waals surface area contributed by atoms with Crippen LogP contribution in [0, 0.1) is 0 Å². The summed E-state index contributed by atoms with van der Waals surface area (Å²) < 4.78 is 69.8. The lowest BCUT2D eigenvalue weighted by atomic mass is 10.2. The number of alkyl halides is 3. The monoisotopic (exact) mass is 473 g/mol. The van der Waals surface area contributed by atoms with E-state index in [0.717, 1.165) is 4.47 Å². The molecule has 1 heterocycles. The number of nitrogens with one attached hydrogen (secondary N) is 1.